The van der Waals surface area contributed by atoms with Gasteiger partial charge in [0.05, 0.1) is 59.1 Å². The Morgan fingerprint density at radius 2 is 1.47 bits per heavy atom. The number of anilines is 2. The van der Waals surface area contributed by atoms with Gasteiger partial charge in [0.25, 0.3) is 5.92 Å². The Kier molecular flexibility index (Phi) is 12.4. The molecular weight excluding hydrogens is 971 g/mol. The normalized spacial score (nSPS) is 24.5. The van der Waals surface area contributed by atoms with Gasteiger partial charge in [0, 0.05) is 57.5 Å². The molecule has 1 spiro atoms. The van der Waals surface area contributed by atoms with Crippen LogP contribution in [0.4, 0.5) is 47.2 Å². The van der Waals surface area contributed by atoms with E-state index in [4.69, 9.17) is 35.5 Å². The Labute approximate surface area is 417 Å². The van der Waals surface area contributed by atoms with Crippen LogP contribution in [0, 0.1) is 18.2 Å². The van der Waals surface area contributed by atoms with Crippen molar-refractivity contribution in [3.63, 3.8) is 0 Å². The smallest absolute Gasteiger partial charge is 0.418 e. The maximum absolute atomic E-state index is 18.0. The molecule has 3 aromatic carbocycles. The molecule has 1 amide bonds. The number of ether oxygens (including phenoxy) is 4. The number of aromatic nitrogens is 3. The van der Waals surface area contributed by atoms with Gasteiger partial charge < -0.3 is 28.7 Å². The number of pyridine rings is 1. The maximum atomic E-state index is 18.0. The predicted molar refractivity (Wildman–Crippen MR) is 256 cm³/mol. The van der Waals surface area contributed by atoms with Gasteiger partial charge in [0.2, 0.25) is 0 Å². The molecule has 20 heteroatoms. The number of methoxy groups -OCH3 is 2. The third-order valence-corrected chi connectivity index (χ3v) is 15.2. The molecule has 0 radical (unpaired) electrons. The van der Waals surface area contributed by atoms with Gasteiger partial charge in [-0.2, -0.15) is 23.1 Å². The summed E-state index contributed by atoms with van der Waals surface area (Å²) in [7, 11) is 3.07. The van der Waals surface area contributed by atoms with Crippen molar-refractivity contribution in [1.29, 1.82) is 0 Å². The summed E-state index contributed by atoms with van der Waals surface area (Å²) < 4.78 is 132. The van der Waals surface area contributed by atoms with Crippen molar-refractivity contribution in [3.8, 4) is 28.8 Å². The first-order chi connectivity index (χ1) is 34.0. The molecule has 5 fully saturated rings. The van der Waals surface area contributed by atoms with E-state index in [0.717, 1.165) is 11.1 Å². The number of nitrogens with zero attached hydrogens (tertiary/aromatic N) is 7. The molecule has 72 heavy (non-hydrogen) atoms. The summed E-state index contributed by atoms with van der Waals surface area (Å²) in [5.74, 6) is -2.73. The molecule has 5 atom stereocenters. The number of halogens is 8. The number of fused-ring (bicyclic) bond motifs is 4. The number of benzene rings is 3. The third-order valence-electron chi connectivity index (χ3n) is 14.9. The first-order valence-corrected chi connectivity index (χ1v) is 24.3. The number of carbonyl (C=O) groups is 1. The lowest BCUT2D eigenvalue weighted by atomic mass is 9.88. The zero-order valence-corrected chi connectivity index (χ0v) is 41.4. The summed E-state index contributed by atoms with van der Waals surface area (Å²) in [6, 6.07) is 15.9. The minimum absolute atomic E-state index is 0.0144. The minimum atomic E-state index is -5.04. The van der Waals surface area contributed by atoms with Crippen LogP contribution in [0.3, 0.4) is 0 Å². The van der Waals surface area contributed by atoms with Crippen molar-refractivity contribution in [1.82, 2.24) is 24.8 Å². The number of piperazine rings is 1. The molecule has 4 saturated heterocycles. The molecule has 4 aliphatic heterocycles. The van der Waals surface area contributed by atoms with Gasteiger partial charge in [0.15, 0.2) is 5.82 Å². The van der Waals surface area contributed by atoms with Gasteiger partial charge in [-0.25, -0.2) is 27.3 Å². The van der Waals surface area contributed by atoms with Crippen LogP contribution in [0.15, 0.2) is 60.7 Å². The molecule has 12 nitrogen and oxygen atoms in total. The lowest BCUT2D eigenvalue weighted by Gasteiger charge is -2.42. The largest absolute Gasteiger partial charge is 0.497 e. The summed E-state index contributed by atoms with van der Waals surface area (Å²) in [6.07, 6.45) is -6.02. The number of hydrogen-bond acceptors (Lipinski definition) is 11. The van der Waals surface area contributed by atoms with Crippen molar-refractivity contribution >= 4 is 40.2 Å². The molecular formula is C52H55ClF7N7O5. The zero-order chi connectivity index (χ0) is 51.3. The summed E-state index contributed by atoms with van der Waals surface area (Å²) in [4.78, 5) is 34.4. The lowest BCUT2D eigenvalue weighted by molar-refractivity contribution is -0.137. The van der Waals surface area contributed by atoms with Crippen LogP contribution in [0.1, 0.15) is 75.1 Å². The first-order valence-electron chi connectivity index (χ1n) is 23.9. The monoisotopic (exact) mass is 1030 g/mol. The second-order valence-corrected chi connectivity index (χ2v) is 21.5. The standard InChI is InChI=1S/C52H55ClF7N7O5/c1-29-17-39(64(20-30-7-13-35(69-5)14-8-30)21-31-9-15-36(70-6)16-10-31)61-44(41(29)52(58,59)60)40-38(53)18-37-43(42(40)55)62-46(71-28-50-19-32(54)22-66(50)27-49(25-50)26-51(49,56)57)63-45(37)65-23-33-11-12-34(24-65)67(33)47(68)72-48(2,3)4/h7-10,13-18,32-34H,11-12,19-28H2,1-6H3/t32-,33?,34?,49?,50+/m1/s1. The Hall–Kier alpha value is -5.82. The number of hydrogen-bond donors (Lipinski definition) is 0. The second kappa shape index (κ2) is 18.0. The van der Waals surface area contributed by atoms with Crippen molar-refractivity contribution in [2.75, 3.05) is 56.8 Å². The Bertz CT molecular complexity index is 2840. The fourth-order valence-electron chi connectivity index (χ4n) is 11.5. The average molecular weight is 1030 g/mol. The van der Waals surface area contributed by atoms with Gasteiger partial charge in [0.1, 0.15) is 47.0 Å². The highest BCUT2D eigenvalue weighted by molar-refractivity contribution is 6.34. The quantitative estimate of drug-likeness (QED) is 0.112. The fraction of sp³-hybridized carbons (Fsp3) is 0.500. The van der Waals surface area contributed by atoms with E-state index in [1.165, 1.54) is 33.3 Å². The molecule has 5 aliphatic rings. The molecule has 3 unspecified atom stereocenters. The van der Waals surface area contributed by atoms with Gasteiger partial charge in [-0.1, -0.05) is 35.9 Å². The van der Waals surface area contributed by atoms with Crippen LogP contribution in [0.25, 0.3) is 22.2 Å². The topological polar surface area (TPSA) is 106 Å². The van der Waals surface area contributed by atoms with Crippen LogP contribution >= 0.6 is 11.6 Å². The first kappa shape index (κ1) is 49.7. The maximum Gasteiger partial charge on any atom is 0.418 e. The SMILES string of the molecule is COc1ccc(CN(Cc2ccc(OC)cc2)c2cc(C)c(C(F)(F)F)c(-c3c(Cl)cc4c(N5CC6CCC(C5)N6C(=O)OC(C)(C)C)nc(OC[C@@]56C[C@@H](F)CN5CC5(CC5(F)F)C6)nc4c3F)n2)cc1. The summed E-state index contributed by atoms with van der Waals surface area (Å²) >= 11 is 7.03. The number of rotatable bonds is 12. The highest BCUT2D eigenvalue weighted by Crippen LogP contribution is 2.69. The average Bonchev–Trinajstić information content (AvgIpc) is 3.49. The van der Waals surface area contributed by atoms with Crippen molar-refractivity contribution in [2.24, 2.45) is 5.41 Å². The number of alkyl halides is 6. The molecule has 2 bridgehead atoms. The Morgan fingerprint density at radius 3 is 2.01 bits per heavy atom. The number of aryl methyl sites for hydroxylation is 1. The minimum Gasteiger partial charge on any atom is -0.497 e. The Morgan fingerprint density at radius 1 is 0.875 bits per heavy atom. The van der Waals surface area contributed by atoms with Crippen LogP contribution in [-0.4, -0.2) is 113 Å². The molecule has 384 valence electrons. The van der Waals surface area contributed by atoms with E-state index in [0.29, 0.717) is 24.3 Å². The zero-order valence-electron chi connectivity index (χ0n) is 40.7. The summed E-state index contributed by atoms with van der Waals surface area (Å²) in [6.45, 7) is 6.97. The van der Waals surface area contributed by atoms with E-state index in [1.54, 1.807) is 59.7 Å². The van der Waals surface area contributed by atoms with E-state index >= 15 is 22.0 Å². The van der Waals surface area contributed by atoms with Crippen LogP contribution < -0.4 is 24.0 Å². The number of carbonyl (C=O) groups excluding carboxylic acids is 1. The third kappa shape index (κ3) is 9.17. The highest BCUT2D eigenvalue weighted by atomic mass is 35.5. The van der Waals surface area contributed by atoms with Crippen LogP contribution in [0.2, 0.25) is 5.02 Å². The molecule has 2 aromatic heterocycles. The molecule has 1 aliphatic carbocycles. The second-order valence-electron chi connectivity index (χ2n) is 21.1. The van der Waals surface area contributed by atoms with Gasteiger partial charge in [-0.3, -0.25) is 9.80 Å². The lowest BCUT2D eigenvalue weighted by Crippen LogP contribution is -2.57. The van der Waals surface area contributed by atoms with E-state index in [1.807, 2.05) is 29.2 Å². The molecule has 5 aromatic rings. The Balaban J connectivity index is 1.09. The molecule has 1 saturated carbocycles. The molecule has 10 rings (SSSR count). The van der Waals surface area contributed by atoms with Gasteiger partial charge in [-0.15, -0.1) is 0 Å². The van der Waals surface area contributed by atoms with Crippen molar-refractivity contribution < 1.29 is 54.5 Å². The van der Waals surface area contributed by atoms with E-state index < -0.39 is 80.1 Å². The molecule has 6 heterocycles. The van der Waals surface area contributed by atoms with Gasteiger partial charge >= 0.3 is 18.3 Å². The van der Waals surface area contributed by atoms with Gasteiger partial charge in [-0.05, 0) is 100 Å². The van der Waals surface area contributed by atoms with E-state index in [9.17, 15) is 13.6 Å². The highest BCUT2D eigenvalue weighted by Gasteiger charge is 2.78. The predicted octanol–water partition coefficient (Wildman–Crippen LogP) is 11.2. The summed E-state index contributed by atoms with van der Waals surface area (Å²) in [5, 5.41) is -0.362. The number of amides is 1. The molecule has 0 N–H and O–H groups in total. The van der Waals surface area contributed by atoms with Crippen molar-refractivity contribution in [3.05, 3.63) is 93.8 Å². The van der Waals surface area contributed by atoms with Crippen molar-refractivity contribution in [2.45, 2.75) is 114 Å². The fourth-order valence-corrected chi connectivity index (χ4v) is 11.8. The van der Waals surface area contributed by atoms with Crippen LogP contribution in [-0.2, 0) is 24.0 Å². The van der Waals surface area contributed by atoms with E-state index in [2.05, 4.69) is 9.97 Å². The summed E-state index contributed by atoms with van der Waals surface area (Å²) in [5.41, 5.74) is -5.01. The van der Waals surface area contributed by atoms with E-state index in [-0.39, 0.29) is 99.8 Å². The van der Waals surface area contributed by atoms with Crippen LogP contribution in [0.5, 0.6) is 17.5 Å².